The molecule has 1 aliphatic heterocycles. The smallest absolute Gasteiger partial charge is 0.410 e. The molecule has 0 aromatic heterocycles. The lowest BCUT2D eigenvalue weighted by molar-refractivity contribution is -0.123. The van der Waals surface area contributed by atoms with E-state index in [4.69, 9.17) is 4.74 Å². The number of ether oxygens (including phenoxy) is 1. The molecule has 5 heteroatoms. The Hall–Kier alpha value is -0.580. The summed E-state index contributed by atoms with van der Waals surface area (Å²) in [5.74, 6) is 0.518. The zero-order valence-corrected chi connectivity index (χ0v) is 13.1. The lowest BCUT2D eigenvalue weighted by Crippen LogP contribution is -2.51. The van der Waals surface area contributed by atoms with Gasteiger partial charge in [0.15, 0.2) is 5.78 Å². The molecule has 1 rings (SSSR count). The minimum atomic E-state index is -0.526. The van der Waals surface area contributed by atoms with E-state index in [9.17, 15) is 9.59 Å². The maximum Gasteiger partial charge on any atom is 0.410 e. The highest BCUT2D eigenvalue weighted by molar-refractivity contribution is 9.09. The Morgan fingerprint density at radius 3 is 2.50 bits per heavy atom. The minimum absolute atomic E-state index is 0.0485. The van der Waals surface area contributed by atoms with Gasteiger partial charge in [0.25, 0.3) is 0 Å². The van der Waals surface area contributed by atoms with E-state index in [0.717, 1.165) is 12.8 Å². The van der Waals surface area contributed by atoms with E-state index in [1.807, 2.05) is 20.8 Å². The van der Waals surface area contributed by atoms with Crippen LogP contribution < -0.4 is 0 Å². The fourth-order valence-electron chi connectivity index (χ4n) is 2.07. The second-order valence-corrected chi connectivity index (χ2v) is 6.48. The molecule has 0 N–H and O–H groups in total. The number of Topliss-reactive ketones (excluding diaryl/α,β-unsaturated/α-hetero) is 1. The fraction of sp³-hybridized carbons (Fsp3) is 0.846. The molecule has 0 aromatic carbocycles. The average molecular weight is 320 g/mol. The maximum atomic E-state index is 12.1. The molecule has 1 aliphatic rings. The molecule has 0 saturated carbocycles. The lowest BCUT2D eigenvalue weighted by atomic mass is 9.91. The summed E-state index contributed by atoms with van der Waals surface area (Å²) < 4.78 is 5.36. The SMILES string of the molecule is CC1CCN(C(=O)OC(C)(C)C)C(C(=O)CBr)C1. The predicted molar refractivity (Wildman–Crippen MR) is 73.9 cm³/mol. The van der Waals surface area contributed by atoms with Crippen molar-refractivity contribution >= 4 is 27.8 Å². The van der Waals surface area contributed by atoms with Crippen LogP contribution in [0.4, 0.5) is 4.79 Å². The van der Waals surface area contributed by atoms with Crippen molar-refractivity contribution in [2.24, 2.45) is 5.92 Å². The average Bonchev–Trinajstić information content (AvgIpc) is 2.25. The summed E-state index contributed by atoms with van der Waals surface area (Å²) in [5, 5.41) is 0.281. The fourth-order valence-corrected chi connectivity index (χ4v) is 2.45. The van der Waals surface area contributed by atoms with Crippen LogP contribution >= 0.6 is 15.9 Å². The van der Waals surface area contributed by atoms with Crippen molar-refractivity contribution in [2.75, 3.05) is 11.9 Å². The van der Waals surface area contributed by atoms with E-state index in [2.05, 4.69) is 22.9 Å². The second kappa shape index (κ2) is 6.04. The molecular weight excluding hydrogens is 298 g/mol. The number of carbonyl (C=O) groups excluding carboxylic acids is 2. The topological polar surface area (TPSA) is 46.6 Å². The van der Waals surface area contributed by atoms with Gasteiger partial charge in [-0.2, -0.15) is 0 Å². The first-order valence-corrected chi connectivity index (χ1v) is 7.45. The third kappa shape index (κ3) is 4.26. The van der Waals surface area contributed by atoms with Crippen LogP contribution in [0.25, 0.3) is 0 Å². The van der Waals surface area contributed by atoms with E-state index in [0.29, 0.717) is 12.5 Å². The van der Waals surface area contributed by atoms with Crippen LogP contribution in [0, 0.1) is 5.92 Å². The highest BCUT2D eigenvalue weighted by atomic mass is 79.9. The summed E-state index contributed by atoms with van der Waals surface area (Å²) in [6.07, 6.45) is 1.27. The Kier molecular flexibility index (Phi) is 5.20. The van der Waals surface area contributed by atoms with Gasteiger partial charge in [-0.25, -0.2) is 4.79 Å². The first-order chi connectivity index (χ1) is 8.24. The Bertz CT molecular complexity index is 325. The van der Waals surface area contributed by atoms with Crippen LogP contribution in [0.2, 0.25) is 0 Å². The van der Waals surface area contributed by atoms with Gasteiger partial charge < -0.3 is 4.74 Å². The lowest BCUT2D eigenvalue weighted by Gasteiger charge is -2.38. The molecule has 2 unspecified atom stereocenters. The van der Waals surface area contributed by atoms with Crippen molar-refractivity contribution in [3.05, 3.63) is 0 Å². The number of piperidine rings is 1. The first kappa shape index (κ1) is 15.5. The molecule has 0 spiro atoms. The van der Waals surface area contributed by atoms with Gasteiger partial charge in [-0.15, -0.1) is 0 Å². The normalized spacial score (nSPS) is 24.8. The molecule has 0 aliphatic carbocycles. The van der Waals surface area contributed by atoms with Crippen LogP contribution in [0.15, 0.2) is 0 Å². The van der Waals surface area contributed by atoms with Gasteiger partial charge in [-0.05, 0) is 39.5 Å². The zero-order valence-electron chi connectivity index (χ0n) is 11.5. The summed E-state index contributed by atoms with van der Waals surface area (Å²) in [7, 11) is 0. The van der Waals surface area contributed by atoms with Crippen LogP contribution in [0.5, 0.6) is 0 Å². The summed E-state index contributed by atoms with van der Waals surface area (Å²) in [4.78, 5) is 25.6. The molecule has 0 aromatic rings. The number of hydrogen-bond acceptors (Lipinski definition) is 3. The number of halogens is 1. The van der Waals surface area contributed by atoms with Crippen LogP contribution in [0.3, 0.4) is 0 Å². The first-order valence-electron chi connectivity index (χ1n) is 6.33. The van der Waals surface area contributed by atoms with E-state index < -0.39 is 5.60 Å². The molecule has 2 atom stereocenters. The largest absolute Gasteiger partial charge is 0.444 e. The number of hydrogen-bond donors (Lipinski definition) is 0. The quantitative estimate of drug-likeness (QED) is 0.735. The maximum absolute atomic E-state index is 12.1. The van der Waals surface area contributed by atoms with Gasteiger partial charge in [0.2, 0.25) is 0 Å². The summed E-state index contributed by atoms with van der Waals surface area (Å²) in [6, 6.07) is -0.344. The number of alkyl halides is 1. The molecule has 1 amide bonds. The summed E-state index contributed by atoms with van der Waals surface area (Å²) in [5.41, 5.74) is -0.526. The van der Waals surface area contributed by atoms with E-state index in [1.54, 1.807) is 4.90 Å². The third-order valence-electron chi connectivity index (χ3n) is 3.00. The zero-order chi connectivity index (χ0) is 13.9. The number of likely N-dealkylation sites (tertiary alicyclic amines) is 1. The van der Waals surface area contributed by atoms with Crippen molar-refractivity contribution in [3.63, 3.8) is 0 Å². The minimum Gasteiger partial charge on any atom is -0.444 e. The van der Waals surface area contributed by atoms with Crippen molar-refractivity contribution in [3.8, 4) is 0 Å². The summed E-state index contributed by atoms with van der Waals surface area (Å²) >= 11 is 3.18. The van der Waals surface area contributed by atoms with Crippen LogP contribution in [0.1, 0.15) is 40.5 Å². The van der Waals surface area contributed by atoms with Gasteiger partial charge >= 0.3 is 6.09 Å². The molecule has 1 heterocycles. The molecule has 4 nitrogen and oxygen atoms in total. The number of ketones is 1. The predicted octanol–water partition coefficient (Wildman–Crippen LogP) is 2.99. The molecule has 0 radical (unpaired) electrons. The molecule has 0 bridgehead atoms. The molecule has 104 valence electrons. The van der Waals surface area contributed by atoms with Crippen LogP contribution in [-0.2, 0) is 9.53 Å². The number of rotatable bonds is 2. The van der Waals surface area contributed by atoms with Crippen molar-refractivity contribution in [1.29, 1.82) is 0 Å². The van der Waals surface area contributed by atoms with Gasteiger partial charge in [0, 0.05) is 6.54 Å². The highest BCUT2D eigenvalue weighted by Crippen LogP contribution is 2.25. The molecular formula is C13H22BrNO3. The Balaban J connectivity index is 2.77. The highest BCUT2D eigenvalue weighted by Gasteiger charge is 2.36. The third-order valence-corrected chi connectivity index (χ3v) is 3.55. The van der Waals surface area contributed by atoms with Gasteiger partial charge in [0.05, 0.1) is 11.4 Å². The Morgan fingerprint density at radius 2 is 2.00 bits per heavy atom. The van der Waals surface area contributed by atoms with Gasteiger partial charge in [0.1, 0.15) is 5.60 Å². The molecule has 1 fully saturated rings. The second-order valence-electron chi connectivity index (χ2n) is 5.92. The molecule has 18 heavy (non-hydrogen) atoms. The van der Waals surface area contributed by atoms with Crippen LogP contribution in [-0.4, -0.2) is 40.3 Å². The standard InChI is InChI=1S/C13H22BrNO3/c1-9-5-6-15(10(7-9)11(16)8-14)12(17)18-13(2,3)4/h9-10H,5-8H2,1-4H3. The van der Waals surface area contributed by atoms with Crippen molar-refractivity contribution in [2.45, 2.75) is 52.2 Å². The van der Waals surface area contributed by atoms with Gasteiger partial charge in [-0.3, -0.25) is 9.69 Å². The van der Waals surface area contributed by atoms with Crippen molar-refractivity contribution < 1.29 is 14.3 Å². The Morgan fingerprint density at radius 1 is 1.39 bits per heavy atom. The number of nitrogens with zero attached hydrogens (tertiary/aromatic N) is 1. The monoisotopic (exact) mass is 319 g/mol. The van der Waals surface area contributed by atoms with E-state index in [-0.39, 0.29) is 23.2 Å². The van der Waals surface area contributed by atoms with E-state index >= 15 is 0 Å². The number of amides is 1. The summed E-state index contributed by atoms with van der Waals surface area (Å²) in [6.45, 7) is 8.21. The molecule has 1 saturated heterocycles. The van der Waals surface area contributed by atoms with Crippen molar-refractivity contribution in [1.82, 2.24) is 4.90 Å². The van der Waals surface area contributed by atoms with Gasteiger partial charge in [-0.1, -0.05) is 22.9 Å². The number of carbonyl (C=O) groups is 2. The van der Waals surface area contributed by atoms with E-state index in [1.165, 1.54) is 0 Å². The Labute approximate surface area is 117 Å².